The molecule has 0 aliphatic carbocycles. The van der Waals surface area contributed by atoms with E-state index in [1.807, 2.05) is 0 Å². The molecule has 273 valence electrons. The fourth-order valence-electron chi connectivity index (χ4n) is 4.02. The number of carbonyl (C=O) groups excluding carboxylic acids is 6. The van der Waals surface area contributed by atoms with Crippen LogP contribution in [0.1, 0.15) is 32.1 Å². The van der Waals surface area contributed by atoms with Gasteiger partial charge >= 0.3 is 57.8 Å². The van der Waals surface area contributed by atoms with Gasteiger partial charge in [-0.3, -0.25) is 33.9 Å². The number of carboxylic acid groups (broad SMARTS) is 5. The first-order chi connectivity index (χ1) is 22.1. The molecule has 0 saturated heterocycles. The van der Waals surface area contributed by atoms with Crippen LogP contribution < -0.4 is 26.0 Å². The van der Waals surface area contributed by atoms with Crippen LogP contribution in [0.2, 0.25) is 0 Å². The van der Waals surface area contributed by atoms with Crippen LogP contribution in [0.25, 0.3) is 0 Å². The molecule has 0 bridgehead atoms. The van der Waals surface area contributed by atoms with Crippen molar-refractivity contribution in [2.75, 3.05) is 85.8 Å². The van der Waals surface area contributed by atoms with Crippen molar-refractivity contribution in [2.45, 2.75) is 38.1 Å². The summed E-state index contributed by atoms with van der Waals surface area (Å²) in [5.74, 6) is -9.18. The summed E-state index contributed by atoms with van der Waals surface area (Å²) in [6.45, 7) is -3.79. The van der Waals surface area contributed by atoms with E-state index < -0.39 is 86.4 Å². The average molecular weight is 834 g/mol. The van der Waals surface area contributed by atoms with Crippen molar-refractivity contribution in [1.82, 2.24) is 25.3 Å². The number of nitrogens with zero attached hydrogens (tertiary/aromatic N) is 3. The minimum absolute atomic E-state index is 0. The third kappa shape index (κ3) is 26.9. The van der Waals surface area contributed by atoms with Gasteiger partial charge in [0.15, 0.2) is 0 Å². The number of aliphatic carboxylic acids is 5. The number of methoxy groups -OCH3 is 1. The predicted molar refractivity (Wildman–Crippen MR) is 150 cm³/mol. The smallest absolute Gasteiger partial charge is 0.549 e. The molecule has 21 heteroatoms. The summed E-state index contributed by atoms with van der Waals surface area (Å²) >= 11 is 0. The predicted octanol–water partition coefficient (Wildman–Crippen LogP) is -6.95. The van der Waals surface area contributed by atoms with E-state index in [2.05, 4.69) is 10.6 Å². The molecule has 48 heavy (non-hydrogen) atoms. The van der Waals surface area contributed by atoms with E-state index in [4.69, 9.17) is 14.6 Å². The van der Waals surface area contributed by atoms with E-state index >= 15 is 0 Å². The summed E-state index contributed by atoms with van der Waals surface area (Å²) < 4.78 is 9.60. The Hall–Kier alpha value is -3.08. The maximum Gasteiger partial charge on any atom is 3.00 e. The molecule has 0 aromatic carbocycles. The summed E-state index contributed by atoms with van der Waals surface area (Å²) in [6, 6.07) is -1.34. The van der Waals surface area contributed by atoms with Gasteiger partial charge in [0.25, 0.3) is 0 Å². The van der Waals surface area contributed by atoms with Crippen molar-refractivity contribution in [3.8, 4) is 0 Å². The van der Waals surface area contributed by atoms with Gasteiger partial charge in [0.05, 0.1) is 44.0 Å². The van der Waals surface area contributed by atoms with Crippen LogP contribution in [0, 0.1) is 39.9 Å². The van der Waals surface area contributed by atoms with Gasteiger partial charge in [-0.15, -0.1) is 0 Å². The normalized spacial score (nSPS) is 11.4. The Kier molecular flexibility index (Phi) is 27.3. The Morgan fingerprint density at radius 1 is 0.688 bits per heavy atom. The van der Waals surface area contributed by atoms with Crippen molar-refractivity contribution in [2.24, 2.45) is 0 Å². The van der Waals surface area contributed by atoms with Crippen LogP contribution in [0.4, 0.5) is 0 Å². The number of unbranched alkanes of at least 4 members (excludes halogenated alkanes) is 1. The molecule has 1 radical (unpaired) electrons. The molecule has 0 saturated carbocycles. The SMILES string of the molecule is COCCOC(=O)CCC(=O)NCCCC[C@H](NC(=O)CN(CCN(CC(=O)[O-])CC(=O)[O-])CCN(CC(=O)[O-])CC(=O)O)C(=O)O.[Gd+3]. The first kappa shape index (κ1) is 47.0. The van der Waals surface area contributed by atoms with Crippen LogP contribution in [0.15, 0.2) is 0 Å². The number of nitrogens with one attached hydrogen (secondary N) is 2. The Bertz CT molecular complexity index is 993. The molecule has 0 aromatic heterocycles. The number of carbonyl (C=O) groups is 8. The molecule has 4 N–H and O–H groups in total. The quantitative estimate of drug-likeness (QED) is 0.0402. The topological polar surface area (TPSA) is 298 Å². The minimum Gasteiger partial charge on any atom is -0.549 e. The van der Waals surface area contributed by atoms with Crippen molar-refractivity contribution in [3.05, 3.63) is 0 Å². The summed E-state index contributed by atoms with van der Waals surface area (Å²) in [4.78, 5) is 95.4. The zero-order valence-electron chi connectivity index (χ0n) is 26.5. The maximum atomic E-state index is 12.8. The van der Waals surface area contributed by atoms with Gasteiger partial charge in [-0.1, -0.05) is 0 Å². The van der Waals surface area contributed by atoms with Gasteiger partial charge in [-0.2, -0.15) is 0 Å². The monoisotopic (exact) mass is 834 g/mol. The zero-order chi connectivity index (χ0) is 35.8. The Morgan fingerprint density at radius 3 is 1.69 bits per heavy atom. The van der Waals surface area contributed by atoms with Crippen LogP contribution >= 0.6 is 0 Å². The van der Waals surface area contributed by atoms with Crippen LogP contribution in [-0.2, 0) is 47.8 Å². The van der Waals surface area contributed by atoms with Crippen molar-refractivity contribution < 1.29 is 113 Å². The molecule has 0 aromatic rings. The molecule has 0 unspecified atom stereocenters. The summed E-state index contributed by atoms with van der Waals surface area (Å²) in [7, 11) is 1.45. The van der Waals surface area contributed by atoms with Gasteiger partial charge < -0.3 is 60.0 Å². The Labute approximate surface area is 308 Å². The maximum absolute atomic E-state index is 12.8. The fraction of sp³-hybridized carbons (Fsp3) is 0.704. The van der Waals surface area contributed by atoms with E-state index in [9.17, 15) is 58.8 Å². The number of hydrogen-bond acceptors (Lipinski definition) is 16. The largest absolute Gasteiger partial charge is 3.00 e. The minimum atomic E-state index is -1.58. The average Bonchev–Trinajstić information content (AvgIpc) is 2.95. The van der Waals surface area contributed by atoms with Crippen molar-refractivity contribution >= 4 is 47.6 Å². The molecule has 0 rings (SSSR count). The van der Waals surface area contributed by atoms with E-state index in [0.717, 1.165) is 9.80 Å². The molecule has 2 amide bonds. The van der Waals surface area contributed by atoms with Gasteiger partial charge in [-0.05, 0) is 19.3 Å². The number of ether oxygens (including phenoxy) is 2. The third-order valence-corrected chi connectivity index (χ3v) is 6.23. The molecule has 0 aliphatic rings. The first-order valence-corrected chi connectivity index (χ1v) is 14.5. The van der Waals surface area contributed by atoms with Crippen molar-refractivity contribution in [1.29, 1.82) is 0 Å². The number of rotatable bonds is 29. The van der Waals surface area contributed by atoms with Gasteiger partial charge in [-0.25, -0.2) is 4.79 Å². The van der Waals surface area contributed by atoms with Crippen LogP contribution in [-0.4, -0.2) is 164 Å². The number of esters is 1. The third-order valence-electron chi connectivity index (χ3n) is 6.23. The standard InChI is InChI=1S/C27H45N5O15.Gd/c1-46-12-13-47-26(43)6-5-20(33)28-7-3-2-4-19(27(44)45)29-21(34)14-30(8-10-31(15-22(35)36)16-23(37)38)9-11-32(17-24(39)40)18-25(41)42;/h19H,2-18H2,1H3,(H,28,33)(H,29,34)(H,35,36)(H,37,38)(H,39,40)(H,41,42)(H,44,45);/q;+3/p-3/t19-;/m0./s1. The molecule has 0 fully saturated rings. The van der Waals surface area contributed by atoms with E-state index in [0.29, 0.717) is 6.42 Å². The van der Waals surface area contributed by atoms with E-state index in [-0.39, 0.29) is 112 Å². The second kappa shape index (κ2) is 27.8. The molecule has 0 spiro atoms. The number of amides is 2. The van der Waals surface area contributed by atoms with Crippen molar-refractivity contribution in [3.63, 3.8) is 0 Å². The molecular weight excluding hydrogens is 792 g/mol. The zero-order valence-corrected chi connectivity index (χ0v) is 28.8. The second-order valence-electron chi connectivity index (χ2n) is 10.2. The summed E-state index contributed by atoms with van der Waals surface area (Å²) in [5.41, 5.74) is 0. The fourth-order valence-corrected chi connectivity index (χ4v) is 4.02. The van der Waals surface area contributed by atoms with E-state index in [1.165, 1.54) is 12.0 Å². The molecule has 20 nitrogen and oxygen atoms in total. The number of carboxylic acids is 5. The second-order valence-corrected chi connectivity index (χ2v) is 10.2. The van der Waals surface area contributed by atoms with Gasteiger partial charge in [0.2, 0.25) is 11.8 Å². The molecular formula is C27H42GdN5O15. The first-order valence-electron chi connectivity index (χ1n) is 14.5. The van der Waals surface area contributed by atoms with Gasteiger partial charge in [0, 0.05) is 65.9 Å². The number of hydrogen-bond donors (Lipinski definition) is 4. The van der Waals surface area contributed by atoms with Crippen LogP contribution in [0.5, 0.6) is 0 Å². The van der Waals surface area contributed by atoms with Crippen LogP contribution in [0.3, 0.4) is 0 Å². The Morgan fingerprint density at radius 2 is 1.21 bits per heavy atom. The summed E-state index contributed by atoms with van der Waals surface area (Å²) in [6.07, 6.45) is 0.371. The summed E-state index contributed by atoms with van der Waals surface area (Å²) in [5, 5.41) is 56.6. The molecule has 0 heterocycles. The molecule has 0 aliphatic heterocycles. The van der Waals surface area contributed by atoms with Gasteiger partial charge in [0.1, 0.15) is 12.6 Å². The molecule has 1 atom stereocenters. The Balaban J connectivity index is 0. The van der Waals surface area contributed by atoms with E-state index in [1.54, 1.807) is 0 Å².